The maximum absolute atomic E-state index is 12.2. The minimum absolute atomic E-state index is 0.108. The molecular formula is C22H23N5O2. The molecule has 148 valence electrons. The van der Waals surface area contributed by atoms with E-state index < -0.39 is 0 Å². The molecule has 1 amide bonds. The van der Waals surface area contributed by atoms with Crippen molar-refractivity contribution in [2.75, 3.05) is 22.6 Å². The highest BCUT2D eigenvalue weighted by molar-refractivity contribution is 5.94. The van der Waals surface area contributed by atoms with Crippen LogP contribution in [0.3, 0.4) is 0 Å². The third-order valence-electron chi connectivity index (χ3n) is 4.58. The second-order valence-electron chi connectivity index (χ2n) is 6.80. The normalized spacial score (nSPS) is 15.7. The summed E-state index contributed by atoms with van der Waals surface area (Å²) in [4.78, 5) is 21.0. The number of hydrogen-bond acceptors (Lipinski definition) is 6. The Labute approximate surface area is 169 Å². The van der Waals surface area contributed by atoms with Gasteiger partial charge in [0.15, 0.2) is 0 Å². The van der Waals surface area contributed by atoms with Crippen LogP contribution in [0.4, 0.5) is 23.1 Å². The first-order valence-corrected chi connectivity index (χ1v) is 9.67. The minimum atomic E-state index is -0.359. The zero-order chi connectivity index (χ0) is 19.9. The van der Waals surface area contributed by atoms with Crippen LogP contribution >= 0.6 is 0 Å². The third-order valence-corrected chi connectivity index (χ3v) is 4.58. The predicted molar refractivity (Wildman–Crippen MR) is 113 cm³/mol. The van der Waals surface area contributed by atoms with Gasteiger partial charge in [0.2, 0.25) is 5.95 Å². The molecule has 1 aliphatic heterocycles. The molecule has 1 unspecified atom stereocenters. The zero-order valence-electron chi connectivity index (χ0n) is 16.0. The molecule has 0 spiro atoms. The number of anilines is 4. The van der Waals surface area contributed by atoms with E-state index in [1.165, 1.54) is 5.56 Å². The molecule has 2 aromatic carbocycles. The number of benzene rings is 2. The number of aromatic nitrogens is 2. The van der Waals surface area contributed by atoms with E-state index in [0.717, 1.165) is 24.3 Å². The van der Waals surface area contributed by atoms with Crippen LogP contribution < -0.4 is 16.0 Å². The molecule has 1 saturated heterocycles. The van der Waals surface area contributed by atoms with Crippen molar-refractivity contribution in [2.45, 2.75) is 25.5 Å². The first-order valence-electron chi connectivity index (χ1n) is 9.67. The molecule has 7 heteroatoms. The van der Waals surface area contributed by atoms with Crippen molar-refractivity contribution < 1.29 is 9.53 Å². The molecule has 3 aromatic rings. The van der Waals surface area contributed by atoms with E-state index in [1.54, 1.807) is 6.20 Å². The Morgan fingerprint density at radius 1 is 1.07 bits per heavy atom. The third kappa shape index (κ3) is 5.30. The average molecular weight is 389 g/mol. The lowest BCUT2D eigenvalue weighted by Gasteiger charge is -2.12. The number of nitrogens with one attached hydrogen (secondary N) is 3. The Morgan fingerprint density at radius 2 is 1.93 bits per heavy atom. The topological polar surface area (TPSA) is 88.2 Å². The fourth-order valence-corrected chi connectivity index (χ4v) is 3.12. The van der Waals surface area contributed by atoms with E-state index in [0.29, 0.717) is 24.8 Å². The summed E-state index contributed by atoms with van der Waals surface area (Å²) in [5.74, 6) is 1.10. The molecule has 1 atom stereocenters. The molecule has 1 fully saturated rings. The number of carbonyl (C=O) groups excluding carboxylic acids is 1. The van der Waals surface area contributed by atoms with Crippen LogP contribution in [-0.4, -0.2) is 28.6 Å². The van der Waals surface area contributed by atoms with Crippen molar-refractivity contribution in [3.8, 4) is 0 Å². The minimum Gasteiger partial charge on any atom is -0.368 e. The average Bonchev–Trinajstić information content (AvgIpc) is 3.29. The Balaban J connectivity index is 1.38. The second-order valence-corrected chi connectivity index (χ2v) is 6.80. The van der Waals surface area contributed by atoms with Gasteiger partial charge in [-0.25, -0.2) is 4.98 Å². The van der Waals surface area contributed by atoms with E-state index in [9.17, 15) is 4.79 Å². The summed E-state index contributed by atoms with van der Waals surface area (Å²) in [6.45, 7) is 1.33. The summed E-state index contributed by atoms with van der Waals surface area (Å²) in [5, 5.41) is 9.38. The molecule has 0 radical (unpaired) electrons. The highest BCUT2D eigenvalue weighted by Crippen LogP contribution is 2.20. The number of rotatable bonds is 7. The van der Waals surface area contributed by atoms with Gasteiger partial charge in [-0.3, -0.25) is 4.79 Å². The van der Waals surface area contributed by atoms with Crippen LogP contribution in [0.25, 0.3) is 0 Å². The number of ether oxygens (including phenoxy) is 1. The molecule has 29 heavy (non-hydrogen) atoms. The maximum Gasteiger partial charge on any atom is 0.253 e. The van der Waals surface area contributed by atoms with Gasteiger partial charge in [0.25, 0.3) is 5.91 Å². The van der Waals surface area contributed by atoms with Crippen LogP contribution in [0, 0.1) is 0 Å². The van der Waals surface area contributed by atoms with Gasteiger partial charge >= 0.3 is 0 Å². The van der Waals surface area contributed by atoms with Gasteiger partial charge in [-0.2, -0.15) is 4.98 Å². The van der Waals surface area contributed by atoms with Gasteiger partial charge in [0, 0.05) is 30.7 Å². The smallest absolute Gasteiger partial charge is 0.253 e. The molecule has 3 N–H and O–H groups in total. The van der Waals surface area contributed by atoms with Crippen molar-refractivity contribution in [3.05, 3.63) is 72.4 Å². The van der Waals surface area contributed by atoms with Crippen LogP contribution in [0.1, 0.15) is 18.4 Å². The molecule has 4 rings (SSSR count). The van der Waals surface area contributed by atoms with Gasteiger partial charge in [0.05, 0.1) is 0 Å². The Bertz CT molecular complexity index is 958. The second kappa shape index (κ2) is 9.16. The summed E-state index contributed by atoms with van der Waals surface area (Å²) >= 11 is 0. The number of hydrogen-bond donors (Lipinski definition) is 3. The molecule has 2 heterocycles. The van der Waals surface area contributed by atoms with E-state index >= 15 is 0 Å². The highest BCUT2D eigenvalue weighted by Gasteiger charge is 2.23. The molecule has 7 nitrogen and oxygen atoms in total. The molecule has 0 bridgehead atoms. The monoisotopic (exact) mass is 389 g/mol. The van der Waals surface area contributed by atoms with Crippen molar-refractivity contribution in [3.63, 3.8) is 0 Å². The Kier molecular flexibility index (Phi) is 5.97. The fraction of sp³-hybridized carbons (Fsp3) is 0.227. The van der Waals surface area contributed by atoms with Crippen LogP contribution in [0.15, 0.2) is 66.9 Å². The SMILES string of the molecule is O=C(Nc1cccc(Nc2nccc(NCc3ccccc3)n2)c1)C1CCCO1. The zero-order valence-corrected chi connectivity index (χ0v) is 16.0. The van der Waals surface area contributed by atoms with Gasteiger partial charge in [-0.05, 0) is 42.7 Å². The summed E-state index contributed by atoms with van der Waals surface area (Å²) in [5.41, 5.74) is 2.67. The molecule has 1 aliphatic rings. The number of carbonyl (C=O) groups is 1. The van der Waals surface area contributed by atoms with Crippen LogP contribution in [0.5, 0.6) is 0 Å². The fourth-order valence-electron chi connectivity index (χ4n) is 3.12. The van der Waals surface area contributed by atoms with Gasteiger partial charge < -0.3 is 20.7 Å². The highest BCUT2D eigenvalue weighted by atomic mass is 16.5. The quantitative estimate of drug-likeness (QED) is 0.567. The number of amides is 1. The largest absolute Gasteiger partial charge is 0.368 e. The summed E-state index contributed by atoms with van der Waals surface area (Å²) < 4.78 is 5.43. The van der Waals surface area contributed by atoms with Crippen molar-refractivity contribution in [1.82, 2.24) is 9.97 Å². The number of nitrogens with zero attached hydrogens (tertiary/aromatic N) is 2. The van der Waals surface area contributed by atoms with Gasteiger partial charge in [-0.1, -0.05) is 36.4 Å². The van der Waals surface area contributed by atoms with Crippen molar-refractivity contribution >= 4 is 29.0 Å². The summed E-state index contributed by atoms with van der Waals surface area (Å²) in [6, 6.07) is 19.4. The van der Waals surface area contributed by atoms with E-state index in [-0.39, 0.29) is 12.0 Å². The standard InChI is InChI=1S/C22H23N5O2/c28-21(19-10-5-13-29-19)25-17-8-4-9-18(14-17)26-22-23-12-11-20(27-22)24-15-16-6-2-1-3-7-16/h1-4,6-9,11-12,14,19H,5,10,13,15H2,(H,25,28)(H2,23,24,26,27). The lowest BCUT2D eigenvalue weighted by atomic mass is 10.2. The maximum atomic E-state index is 12.2. The first kappa shape index (κ1) is 18.9. The van der Waals surface area contributed by atoms with Gasteiger partial charge in [-0.15, -0.1) is 0 Å². The van der Waals surface area contributed by atoms with E-state index in [1.807, 2.05) is 48.5 Å². The molecule has 1 aromatic heterocycles. The molecule has 0 saturated carbocycles. The van der Waals surface area contributed by atoms with E-state index in [4.69, 9.17) is 4.74 Å². The van der Waals surface area contributed by atoms with Crippen LogP contribution in [-0.2, 0) is 16.1 Å². The van der Waals surface area contributed by atoms with Crippen LogP contribution in [0.2, 0.25) is 0 Å². The summed E-state index contributed by atoms with van der Waals surface area (Å²) in [6.07, 6.45) is 3.03. The van der Waals surface area contributed by atoms with E-state index in [2.05, 4.69) is 38.1 Å². The first-order chi connectivity index (χ1) is 14.3. The molecule has 0 aliphatic carbocycles. The lowest BCUT2D eigenvalue weighted by Crippen LogP contribution is -2.26. The molecular weight excluding hydrogens is 366 g/mol. The Hall–Kier alpha value is -3.45. The van der Waals surface area contributed by atoms with Crippen molar-refractivity contribution in [1.29, 1.82) is 0 Å². The van der Waals surface area contributed by atoms with Crippen molar-refractivity contribution in [2.24, 2.45) is 0 Å². The lowest BCUT2D eigenvalue weighted by molar-refractivity contribution is -0.124. The summed E-state index contributed by atoms with van der Waals surface area (Å²) in [7, 11) is 0. The Morgan fingerprint density at radius 3 is 2.76 bits per heavy atom. The predicted octanol–water partition coefficient (Wildman–Crippen LogP) is 3.95. The van der Waals surface area contributed by atoms with Gasteiger partial charge in [0.1, 0.15) is 11.9 Å².